The third kappa shape index (κ3) is 3.74. The van der Waals surface area contributed by atoms with Crippen LogP contribution in [0.3, 0.4) is 0 Å². The first-order valence-electron chi connectivity index (χ1n) is 8.07. The van der Waals surface area contributed by atoms with Crippen LogP contribution in [0.1, 0.15) is 16.7 Å². The molecule has 0 unspecified atom stereocenters. The number of nitrogens with one attached hydrogen (secondary N) is 1. The van der Waals surface area contributed by atoms with Gasteiger partial charge in [0.05, 0.1) is 0 Å². The van der Waals surface area contributed by atoms with Crippen LogP contribution in [0.15, 0.2) is 60.7 Å². The molecule has 0 spiro atoms. The number of hydrogen-bond acceptors (Lipinski definition) is 2. The molecule has 1 amide bonds. The average molecular weight is 319 g/mol. The van der Waals surface area contributed by atoms with Gasteiger partial charge in [-0.2, -0.15) is 0 Å². The first kappa shape index (κ1) is 16.1. The number of rotatable bonds is 5. The number of hydrogen-bond donors (Lipinski definition) is 1. The van der Waals surface area contributed by atoms with E-state index in [4.69, 9.17) is 4.74 Å². The molecule has 0 aromatic heterocycles. The van der Waals surface area contributed by atoms with E-state index in [2.05, 4.69) is 23.5 Å². The second-order valence-electron chi connectivity index (χ2n) is 5.97. The van der Waals surface area contributed by atoms with Crippen molar-refractivity contribution >= 4 is 16.7 Å². The van der Waals surface area contributed by atoms with E-state index in [1.165, 1.54) is 5.39 Å². The maximum atomic E-state index is 12.1. The molecular formula is C21H21NO2. The Morgan fingerprint density at radius 3 is 2.67 bits per heavy atom. The van der Waals surface area contributed by atoms with E-state index in [-0.39, 0.29) is 12.5 Å². The van der Waals surface area contributed by atoms with Gasteiger partial charge in [0.25, 0.3) is 5.91 Å². The molecule has 3 nitrogen and oxygen atoms in total. The Bertz CT molecular complexity index is 865. The quantitative estimate of drug-likeness (QED) is 0.767. The van der Waals surface area contributed by atoms with Gasteiger partial charge in [-0.05, 0) is 47.4 Å². The van der Waals surface area contributed by atoms with E-state index in [9.17, 15) is 4.79 Å². The van der Waals surface area contributed by atoms with Crippen molar-refractivity contribution < 1.29 is 9.53 Å². The van der Waals surface area contributed by atoms with E-state index >= 15 is 0 Å². The van der Waals surface area contributed by atoms with Crippen molar-refractivity contribution in [1.29, 1.82) is 0 Å². The van der Waals surface area contributed by atoms with Crippen molar-refractivity contribution in [3.05, 3.63) is 77.4 Å². The summed E-state index contributed by atoms with van der Waals surface area (Å²) in [4.78, 5) is 12.1. The average Bonchev–Trinajstić information content (AvgIpc) is 2.60. The lowest BCUT2D eigenvalue weighted by atomic mass is 10.0. The van der Waals surface area contributed by atoms with Gasteiger partial charge in [-0.15, -0.1) is 0 Å². The number of fused-ring (bicyclic) bond motifs is 1. The van der Waals surface area contributed by atoms with Gasteiger partial charge < -0.3 is 10.1 Å². The molecule has 0 radical (unpaired) electrons. The normalized spacial score (nSPS) is 10.6. The van der Waals surface area contributed by atoms with Gasteiger partial charge >= 0.3 is 0 Å². The van der Waals surface area contributed by atoms with Crippen molar-refractivity contribution in [2.45, 2.75) is 20.4 Å². The van der Waals surface area contributed by atoms with Crippen molar-refractivity contribution in [3.63, 3.8) is 0 Å². The maximum absolute atomic E-state index is 12.1. The van der Waals surface area contributed by atoms with Crippen LogP contribution in [0, 0.1) is 13.8 Å². The van der Waals surface area contributed by atoms with Crippen LogP contribution < -0.4 is 10.1 Å². The van der Waals surface area contributed by atoms with Gasteiger partial charge in [0.15, 0.2) is 6.61 Å². The number of benzene rings is 3. The fraction of sp³-hybridized carbons (Fsp3) is 0.190. The lowest BCUT2D eigenvalue weighted by molar-refractivity contribution is -0.123. The topological polar surface area (TPSA) is 38.3 Å². The largest absolute Gasteiger partial charge is 0.483 e. The molecule has 0 fully saturated rings. The summed E-state index contributed by atoms with van der Waals surface area (Å²) in [6.45, 7) is 4.50. The van der Waals surface area contributed by atoms with E-state index < -0.39 is 0 Å². The van der Waals surface area contributed by atoms with Gasteiger partial charge in [-0.1, -0.05) is 54.6 Å². The van der Waals surface area contributed by atoms with Crippen LogP contribution in [0.2, 0.25) is 0 Å². The summed E-state index contributed by atoms with van der Waals surface area (Å²) >= 11 is 0. The number of carbonyl (C=O) groups excluding carboxylic acids is 1. The first-order valence-corrected chi connectivity index (χ1v) is 8.07. The van der Waals surface area contributed by atoms with Crippen LogP contribution in [-0.2, 0) is 11.3 Å². The van der Waals surface area contributed by atoms with Crippen LogP contribution in [-0.4, -0.2) is 12.5 Å². The highest BCUT2D eigenvalue weighted by atomic mass is 16.5. The molecule has 0 saturated heterocycles. The van der Waals surface area contributed by atoms with Crippen LogP contribution >= 0.6 is 0 Å². The van der Waals surface area contributed by atoms with E-state index in [0.717, 1.165) is 27.8 Å². The summed E-state index contributed by atoms with van der Waals surface area (Å²) in [5.41, 5.74) is 3.25. The molecule has 0 heterocycles. The molecule has 0 bridgehead atoms. The van der Waals surface area contributed by atoms with E-state index in [1.54, 1.807) is 0 Å². The minimum Gasteiger partial charge on any atom is -0.483 e. The van der Waals surface area contributed by atoms with Gasteiger partial charge in [0.2, 0.25) is 0 Å². The van der Waals surface area contributed by atoms with Crippen molar-refractivity contribution in [1.82, 2.24) is 5.32 Å². The highest BCUT2D eigenvalue weighted by Gasteiger charge is 2.06. The summed E-state index contributed by atoms with van der Waals surface area (Å²) in [5.74, 6) is 0.638. The zero-order valence-electron chi connectivity index (χ0n) is 14.0. The fourth-order valence-corrected chi connectivity index (χ4v) is 2.70. The lowest BCUT2D eigenvalue weighted by Gasteiger charge is -2.11. The molecule has 0 aliphatic carbocycles. The summed E-state index contributed by atoms with van der Waals surface area (Å²) in [6, 6.07) is 20.3. The summed E-state index contributed by atoms with van der Waals surface area (Å²) < 4.78 is 5.64. The summed E-state index contributed by atoms with van der Waals surface area (Å²) in [5, 5.41) is 5.27. The highest BCUT2D eigenvalue weighted by molar-refractivity contribution is 5.86. The SMILES string of the molecule is Cc1ccc(C)c(OCC(=O)NCc2cccc3ccccc23)c1. The number of ether oxygens (including phenoxy) is 1. The van der Waals surface area contributed by atoms with Crippen molar-refractivity contribution in [2.75, 3.05) is 6.61 Å². The summed E-state index contributed by atoms with van der Waals surface area (Å²) in [7, 11) is 0. The van der Waals surface area contributed by atoms with E-state index in [0.29, 0.717) is 6.54 Å². The fourth-order valence-electron chi connectivity index (χ4n) is 2.70. The molecule has 0 aliphatic rings. The van der Waals surface area contributed by atoms with Gasteiger partial charge in [-0.3, -0.25) is 4.79 Å². The standard InChI is InChI=1S/C21H21NO2/c1-15-10-11-16(2)20(12-15)24-14-21(23)22-13-18-8-5-7-17-6-3-4-9-19(17)18/h3-12H,13-14H2,1-2H3,(H,22,23). The third-order valence-electron chi connectivity index (χ3n) is 4.06. The minimum absolute atomic E-state index is 0.0229. The Hall–Kier alpha value is -2.81. The smallest absolute Gasteiger partial charge is 0.258 e. The Labute approximate surface area is 142 Å². The summed E-state index contributed by atoms with van der Waals surface area (Å²) in [6.07, 6.45) is 0. The van der Waals surface area contributed by atoms with Crippen molar-refractivity contribution in [2.24, 2.45) is 0 Å². The second-order valence-corrected chi connectivity index (χ2v) is 5.97. The zero-order valence-corrected chi connectivity index (χ0v) is 14.0. The number of amides is 1. The minimum atomic E-state index is -0.121. The lowest BCUT2D eigenvalue weighted by Crippen LogP contribution is -2.28. The van der Waals surface area contributed by atoms with Crippen molar-refractivity contribution in [3.8, 4) is 5.75 Å². The van der Waals surface area contributed by atoms with Gasteiger partial charge in [0.1, 0.15) is 5.75 Å². The predicted octanol–water partition coefficient (Wildman–Crippen LogP) is 4.15. The molecule has 0 aliphatic heterocycles. The Morgan fingerprint density at radius 2 is 1.79 bits per heavy atom. The number of aryl methyl sites for hydroxylation is 2. The highest BCUT2D eigenvalue weighted by Crippen LogP contribution is 2.19. The monoisotopic (exact) mass is 319 g/mol. The second kappa shape index (κ2) is 7.18. The molecule has 3 aromatic rings. The molecule has 0 atom stereocenters. The van der Waals surface area contributed by atoms with E-state index in [1.807, 2.05) is 56.3 Å². The molecule has 0 saturated carbocycles. The molecular weight excluding hydrogens is 298 g/mol. The maximum Gasteiger partial charge on any atom is 0.258 e. The van der Waals surface area contributed by atoms with Crippen LogP contribution in [0.4, 0.5) is 0 Å². The molecule has 3 aromatic carbocycles. The Balaban J connectivity index is 1.60. The predicted molar refractivity (Wildman–Crippen MR) is 97.2 cm³/mol. The molecule has 122 valence electrons. The molecule has 3 rings (SSSR count). The number of carbonyl (C=O) groups is 1. The molecule has 24 heavy (non-hydrogen) atoms. The zero-order chi connectivity index (χ0) is 16.9. The van der Waals surface area contributed by atoms with Gasteiger partial charge in [-0.25, -0.2) is 0 Å². The van der Waals surface area contributed by atoms with Crippen LogP contribution in [0.25, 0.3) is 10.8 Å². The first-order chi connectivity index (χ1) is 11.6. The van der Waals surface area contributed by atoms with Gasteiger partial charge in [0, 0.05) is 6.54 Å². The third-order valence-corrected chi connectivity index (χ3v) is 4.06. The molecule has 3 heteroatoms. The molecule has 1 N–H and O–H groups in total. The van der Waals surface area contributed by atoms with Crippen LogP contribution in [0.5, 0.6) is 5.75 Å². The Kier molecular flexibility index (Phi) is 4.80. The Morgan fingerprint density at radius 1 is 1.00 bits per heavy atom.